The van der Waals surface area contributed by atoms with E-state index in [1.165, 1.54) is 5.56 Å². The maximum absolute atomic E-state index is 5.89. The minimum absolute atomic E-state index is 0.107. The van der Waals surface area contributed by atoms with Gasteiger partial charge in [0.15, 0.2) is 0 Å². The van der Waals surface area contributed by atoms with Crippen molar-refractivity contribution in [2.24, 2.45) is 5.92 Å². The van der Waals surface area contributed by atoms with E-state index in [1.807, 2.05) is 6.07 Å². The number of aromatic nitrogens is 2. The first kappa shape index (κ1) is 16.7. The second-order valence-corrected chi connectivity index (χ2v) is 6.89. The van der Waals surface area contributed by atoms with Crippen LogP contribution in [0.3, 0.4) is 0 Å². The van der Waals surface area contributed by atoms with E-state index in [-0.39, 0.29) is 6.10 Å². The van der Waals surface area contributed by atoms with Gasteiger partial charge in [0.25, 0.3) is 0 Å². The van der Waals surface area contributed by atoms with Gasteiger partial charge in [0.2, 0.25) is 11.7 Å². The Kier molecular flexibility index (Phi) is 5.40. The molecule has 1 aromatic carbocycles. The van der Waals surface area contributed by atoms with Gasteiger partial charge >= 0.3 is 0 Å². The molecule has 3 heterocycles. The number of ether oxygens (including phenoxy) is 2. The molecule has 0 radical (unpaired) electrons. The minimum atomic E-state index is -0.107. The van der Waals surface area contributed by atoms with Crippen LogP contribution in [-0.2, 0) is 22.4 Å². The molecule has 25 heavy (non-hydrogen) atoms. The largest absolute Gasteiger partial charge is 0.381 e. The lowest BCUT2D eigenvalue weighted by Gasteiger charge is -2.31. The monoisotopic (exact) mass is 343 g/mol. The van der Waals surface area contributed by atoms with Crippen LogP contribution in [0.15, 0.2) is 34.9 Å². The lowest BCUT2D eigenvalue weighted by atomic mass is 9.97. The molecule has 0 spiro atoms. The third-order valence-electron chi connectivity index (χ3n) is 4.98. The van der Waals surface area contributed by atoms with E-state index in [9.17, 15) is 0 Å². The van der Waals surface area contributed by atoms with Crippen molar-refractivity contribution in [2.45, 2.75) is 31.9 Å². The van der Waals surface area contributed by atoms with Gasteiger partial charge in [0, 0.05) is 39.3 Å². The molecule has 0 bridgehead atoms. The summed E-state index contributed by atoms with van der Waals surface area (Å²) in [5, 5.41) is 4.18. The first-order valence-electron chi connectivity index (χ1n) is 9.15. The maximum atomic E-state index is 5.89. The average Bonchev–Trinajstić information content (AvgIpc) is 3.12. The molecule has 1 aromatic heterocycles. The van der Waals surface area contributed by atoms with Gasteiger partial charge < -0.3 is 14.0 Å². The van der Waals surface area contributed by atoms with Gasteiger partial charge in [-0.3, -0.25) is 4.90 Å². The van der Waals surface area contributed by atoms with Crippen LogP contribution in [0.2, 0.25) is 0 Å². The first-order chi connectivity index (χ1) is 12.4. The van der Waals surface area contributed by atoms with Crippen molar-refractivity contribution in [1.29, 1.82) is 0 Å². The number of nitrogens with zero attached hydrogens (tertiary/aromatic N) is 3. The first-order valence-corrected chi connectivity index (χ1v) is 9.15. The highest BCUT2D eigenvalue weighted by Gasteiger charge is 2.27. The number of morpholine rings is 1. The van der Waals surface area contributed by atoms with Crippen LogP contribution in [0.5, 0.6) is 0 Å². The number of benzene rings is 1. The zero-order valence-electron chi connectivity index (χ0n) is 14.5. The predicted molar refractivity (Wildman–Crippen MR) is 92.0 cm³/mol. The molecule has 4 rings (SSSR count). The Morgan fingerprint density at radius 1 is 1.08 bits per heavy atom. The fraction of sp³-hybridized carbons (Fsp3) is 0.579. The van der Waals surface area contributed by atoms with Crippen LogP contribution >= 0.6 is 0 Å². The molecule has 1 unspecified atom stereocenters. The van der Waals surface area contributed by atoms with Crippen LogP contribution in [0.1, 0.15) is 36.2 Å². The van der Waals surface area contributed by atoms with Crippen molar-refractivity contribution in [1.82, 2.24) is 15.0 Å². The lowest BCUT2D eigenvalue weighted by Crippen LogP contribution is -2.38. The molecule has 6 heteroatoms. The molecule has 2 aromatic rings. The maximum Gasteiger partial charge on any atom is 0.227 e. The Morgan fingerprint density at radius 3 is 2.76 bits per heavy atom. The molecular weight excluding hydrogens is 318 g/mol. The topological polar surface area (TPSA) is 60.6 Å². The fourth-order valence-electron chi connectivity index (χ4n) is 3.52. The van der Waals surface area contributed by atoms with Gasteiger partial charge in [-0.25, -0.2) is 0 Å². The van der Waals surface area contributed by atoms with Gasteiger partial charge in [-0.05, 0) is 24.3 Å². The Bertz CT molecular complexity index is 655. The Labute approximate surface area is 148 Å². The van der Waals surface area contributed by atoms with Crippen molar-refractivity contribution in [3.8, 4) is 0 Å². The zero-order chi connectivity index (χ0) is 16.9. The van der Waals surface area contributed by atoms with Crippen molar-refractivity contribution in [3.63, 3.8) is 0 Å². The van der Waals surface area contributed by atoms with Crippen LogP contribution in [0, 0.1) is 5.92 Å². The van der Waals surface area contributed by atoms with E-state index < -0.39 is 0 Å². The molecule has 2 fully saturated rings. The number of rotatable bonds is 5. The molecule has 0 N–H and O–H groups in total. The van der Waals surface area contributed by atoms with Gasteiger partial charge in [-0.15, -0.1) is 0 Å². The van der Waals surface area contributed by atoms with Crippen molar-refractivity contribution in [2.75, 3.05) is 32.9 Å². The molecule has 6 nitrogen and oxygen atoms in total. The highest BCUT2D eigenvalue weighted by atomic mass is 16.5. The second-order valence-electron chi connectivity index (χ2n) is 6.89. The molecule has 2 aliphatic rings. The molecule has 2 saturated heterocycles. The molecule has 134 valence electrons. The van der Waals surface area contributed by atoms with E-state index in [0.717, 1.165) is 58.0 Å². The van der Waals surface area contributed by atoms with E-state index in [0.29, 0.717) is 18.3 Å². The zero-order valence-corrected chi connectivity index (χ0v) is 14.5. The molecule has 2 aliphatic heterocycles. The van der Waals surface area contributed by atoms with Gasteiger partial charge in [0.05, 0.1) is 6.61 Å². The van der Waals surface area contributed by atoms with Gasteiger partial charge in [-0.1, -0.05) is 35.5 Å². The Morgan fingerprint density at radius 2 is 1.92 bits per heavy atom. The van der Waals surface area contributed by atoms with Crippen LogP contribution in [-0.4, -0.2) is 48.0 Å². The smallest absolute Gasteiger partial charge is 0.227 e. The average molecular weight is 343 g/mol. The van der Waals surface area contributed by atoms with Crippen molar-refractivity contribution in [3.05, 3.63) is 47.6 Å². The summed E-state index contributed by atoms with van der Waals surface area (Å²) in [5.41, 5.74) is 1.32. The molecular formula is C19H25N3O3. The molecule has 0 aliphatic carbocycles. The SMILES string of the molecule is c1ccc(CN2CCOC(c3noc(CC4CCOCC4)n3)C2)cc1. The number of hydrogen-bond acceptors (Lipinski definition) is 6. The summed E-state index contributed by atoms with van der Waals surface area (Å²) in [4.78, 5) is 6.99. The van der Waals surface area contributed by atoms with Crippen molar-refractivity contribution < 1.29 is 14.0 Å². The van der Waals surface area contributed by atoms with Crippen LogP contribution in [0.4, 0.5) is 0 Å². The standard InChI is InChI=1S/C19H25N3O3/c1-2-4-16(5-3-1)13-22-8-11-24-17(14-22)19-20-18(25-21-19)12-15-6-9-23-10-7-15/h1-5,15,17H,6-14H2. The third kappa shape index (κ3) is 4.45. The predicted octanol–water partition coefficient (Wildman–Crippen LogP) is 2.61. The summed E-state index contributed by atoms with van der Waals surface area (Å²) in [6.07, 6.45) is 2.88. The Balaban J connectivity index is 1.34. The molecule has 1 atom stereocenters. The van der Waals surface area contributed by atoms with E-state index in [1.54, 1.807) is 0 Å². The van der Waals surface area contributed by atoms with E-state index in [2.05, 4.69) is 39.3 Å². The lowest BCUT2D eigenvalue weighted by molar-refractivity contribution is -0.0380. The fourth-order valence-corrected chi connectivity index (χ4v) is 3.52. The van der Waals surface area contributed by atoms with Gasteiger partial charge in [0.1, 0.15) is 6.10 Å². The minimum Gasteiger partial charge on any atom is -0.381 e. The molecule has 0 amide bonds. The Hall–Kier alpha value is -1.76. The summed E-state index contributed by atoms with van der Waals surface area (Å²) in [6.45, 7) is 5.02. The highest BCUT2D eigenvalue weighted by Crippen LogP contribution is 2.23. The van der Waals surface area contributed by atoms with Crippen molar-refractivity contribution >= 4 is 0 Å². The molecule has 0 saturated carbocycles. The number of hydrogen-bond donors (Lipinski definition) is 0. The second kappa shape index (κ2) is 8.08. The summed E-state index contributed by atoms with van der Waals surface area (Å²) >= 11 is 0. The highest BCUT2D eigenvalue weighted by molar-refractivity contribution is 5.14. The summed E-state index contributed by atoms with van der Waals surface area (Å²) < 4.78 is 16.8. The van der Waals surface area contributed by atoms with E-state index >= 15 is 0 Å². The summed E-state index contributed by atoms with van der Waals surface area (Å²) in [7, 11) is 0. The third-order valence-corrected chi connectivity index (χ3v) is 4.98. The van der Waals surface area contributed by atoms with Crippen LogP contribution in [0.25, 0.3) is 0 Å². The van der Waals surface area contributed by atoms with E-state index in [4.69, 9.17) is 14.0 Å². The summed E-state index contributed by atoms with van der Waals surface area (Å²) in [5.74, 6) is 1.99. The quantitative estimate of drug-likeness (QED) is 0.832. The summed E-state index contributed by atoms with van der Waals surface area (Å²) in [6, 6.07) is 10.5. The normalized spacial score (nSPS) is 23.0. The van der Waals surface area contributed by atoms with Gasteiger partial charge in [-0.2, -0.15) is 4.98 Å². The van der Waals surface area contributed by atoms with Crippen LogP contribution < -0.4 is 0 Å².